The standard InChI is InChI=1S/C19H21ClO3/c1-19(2,15-6-4-3-5-7-15)13-23-16-10-8-14(9-11-16)17(20)12-18(21)22/h3-11,17H,12-13H2,1-2H3,(H,21,22). The van der Waals surface area contributed by atoms with Crippen LogP contribution in [-0.2, 0) is 10.2 Å². The second-order valence-corrected chi connectivity index (χ2v) is 6.70. The fraction of sp³-hybridized carbons (Fsp3) is 0.316. The van der Waals surface area contributed by atoms with E-state index in [0.717, 1.165) is 11.3 Å². The van der Waals surface area contributed by atoms with Gasteiger partial charge in [0.05, 0.1) is 18.4 Å². The molecule has 2 aromatic rings. The minimum Gasteiger partial charge on any atom is -0.493 e. The predicted octanol–water partition coefficient (Wildman–Crippen LogP) is 4.80. The van der Waals surface area contributed by atoms with E-state index in [9.17, 15) is 4.79 Å². The third kappa shape index (κ3) is 5.00. The highest BCUT2D eigenvalue weighted by Crippen LogP contribution is 2.28. The first-order valence-electron chi connectivity index (χ1n) is 7.52. The first-order valence-corrected chi connectivity index (χ1v) is 7.96. The Hall–Kier alpha value is -2.00. The van der Waals surface area contributed by atoms with Crippen LogP contribution < -0.4 is 4.74 Å². The van der Waals surface area contributed by atoms with Crippen LogP contribution in [0.5, 0.6) is 5.75 Å². The number of hydrogen-bond donors (Lipinski definition) is 1. The quantitative estimate of drug-likeness (QED) is 0.741. The number of aliphatic carboxylic acids is 1. The second-order valence-electron chi connectivity index (χ2n) is 6.17. The van der Waals surface area contributed by atoms with Gasteiger partial charge in [0.1, 0.15) is 5.75 Å². The number of benzene rings is 2. The zero-order valence-corrected chi connectivity index (χ0v) is 14.1. The van der Waals surface area contributed by atoms with Crippen molar-refractivity contribution in [3.8, 4) is 5.75 Å². The maximum Gasteiger partial charge on any atom is 0.305 e. The van der Waals surface area contributed by atoms with Crippen molar-refractivity contribution >= 4 is 17.6 Å². The third-order valence-corrected chi connectivity index (χ3v) is 4.16. The molecule has 0 aromatic heterocycles. The Morgan fingerprint density at radius 3 is 2.30 bits per heavy atom. The monoisotopic (exact) mass is 332 g/mol. The Bertz CT molecular complexity index is 635. The lowest BCUT2D eigenvalue weighted by atomic mass is 9.86. The van der Waals surface area contributed by atoms with Gasteiger partial charge >= 0.3 is 5.97 Å². The van der Waals surface area contributed by atoms with E-state index in [4.69, 9.17) is 21.4 Å². The van der Waals surface area contributed by atoms with Gasteiger partial charge in [-0.2, -0.15) is 0 Å². The molecule has 122 valence electrons. The van der Waals surface area contributed by atoms with E-state index >= 15 is 0 Å². The molecule has 0 bridgehead atoms. The molecule has 0 aliphatic heterocycles. The van der Waals surface area contributed by atoms with Crippen LogP contribution in [0.4, 0.5) is 0 Å². The molecule has 3 nitrogen and oxygen atoms in total. The van der Waals surface area contributed by atoms with Gasteiger partial charge in [-0.3, -0.25) is 4.79 Å². The Kier molecular flexibility index (Phi) is 5.67. The summed E-state index contributed by atoms with van der Waals surface area (Å²) >= 11 is 6.06. The highest BCUT2D eigenvalue weighted by Gasteiger charge is 2.21. The van der Waals surface area contributed by atoms with E-state index in [1.54, 1.807) is 0 Å². The highest BCUT2D eigenvalue weighted by molar-refractivity contribution is 6.21. The Morgan fingerprint density at radius 2 is 1.74 bits per heavy atom. The fourth-order valence-electron chi connectivity index (χ4n) is 2.28. The lowest BCUT2D eigenvalue weighted by molar-refractivity contribution is -0.137. The summed E-state index contributed by atoms with van der Waals surface area (Å²) < 4.78 is 5.88. The van der Waals surface area contributed by atoms with Crippen LogP contribution in [0.2, 0.25) is 0 Å². The van der Waals surface area contributed by atoms with Gasteiger partial charge in [-0.05, 0) is 23.3 Å². The van der Waals surface area contributed by atoms with E-state index in [1.165, 1.54) is 5.56 Å². The Labute approximate surface area is 141 Å². The molecule has 0 heterocycles. The summed E-state index contributed by atoms with van der Waals surface area (Å²) in [4.78, 5) is 10.7. The fourth-order valence-corrected chi connectivity index (χ4v) is 2.56. The summed E-state index contributed by atoms with van der Waals surface area (Å²) in [6, 6.07) is 17.5. The number of carbonyl (C=O) groups is 1. The largest absolute Gasteiger partial charge is 0.493 e. The molecule has 0 aliphatic rings. The van der Waals surface area contributed by atoms with Crippen molar-refractivity contribution in [3.63, 3.8) is 0 Å². The molecule has 4 heteroatoms. The second kappa shape index (κ2) is 7.51. The van der Waals surface area contributed by atoms with Crippen LogP contribution in [0.15, 0.2) is 54.6 Å². The molecule has 0 amide bonds. The van der Waals surface area contributed by atoms with Crippen LogP contribution in [0.1, 0.15) is 36.8 Å². The zero-order chi connectivity index (χ0) is 16.9. The van der Waals surface area contributed by atoms with Crippen LogP contribution in [0, 0.1) is 0 Å². The van der Waals surface area contributed by atoms with Gasteiger partial charge in [-0.15, -0.1) is 11.6 Å². The lowest BCUT2D eigenvalue weighted by Gasteiger charge is -2.25. The Balaban J connectivity index is 1.97. The molecule has 1 unspecified atom stereocenters. The minimum absolute atomic E-state index is 0.0944. The summed E-state index contributed by atoms with van der Waals surface area (Å²) in [5, 5.41) is 8.25. The van der Waals surface area contributed by atoms with Crippen LogP contribution >= 0.6 is 11.6 Å². The molecule has 0 fully saturated rings. The number of carboxylic acids is 1. The topological polar surface area (TPSA) is 46.5 Å². The first kappa shape index (κ1) is 17.4. The number of halogens is 1. The maximum absolute atomic E-state index is 10.7. The van der Waals surface area contributed by atoms with Crippen molar-refractivity contribution in [3.05, 3.63) is 65.7 Å². The van der Waals surface area contributed by atoms with Crippen molar-refractivity contribution in [2.45, 2.75) is 31.1 Å². The molecule has 0 saturated carbocycles. The van der Waals surface area contributed by atoms with Gasteiger partial charge in [0, 0.05) is 5.41 Å². The molecule has 2 aromatic carbocycles. The number of alkyl halides is 1. The molecule has 2 rings (SSSR count). The molecule has 1 atom stereocenters. The van der Waals surface area contributed by atoms with E-state index < -0.39 is 11.3 Å². The number of hydrogen-bond acceptors (Lipinski definition) is 2. The molecule has 1 N–H and O–H groups in total. The first-order chi connectivity index (χ1) is 10.9. The summed E-state index contributed by atoms with van der Waals surface area (Å²) in [6.45, 7) is 4.83. The number of ether oxygens (including phenoxy) is 1. The normalized spacial score (nSPS) is 12.7. The molecular formula is C19H21ClO3. The SMILES string of the molecule is CC(C)(COc1ccc(C(Cl)CC(=O)O)cc1)c1ccccc1. The predicted molar refractivity (Wildman–Crippen MR) is 92.3 cm³/mol. The van der Waals surface area contributed by atoms with Gasteiger partial charge < -0.3 is 9.84 Å². The average Bonchev–Trinajstić information content (AvgIpc) is 2.54. The van der Waals surface area contributed by atoms with Crippen LogP contribution in [0.3, 0.4) is 0 Å². The number of carboxylic acid groups (broad SMARTS) is 1. The van der Waals surface area contributed by atoms with E-state index in [-0.39, 0.29) is 11.8 Å². The van der Waals surface area contributed by atoms with Gasteiger partial charge in [-0.25, -0.2) is 0 Å². The molecule has 0 saturated heterocycles. The van der Waals surface area contributed by atoms with Crippen LogP contribution in [-0.4, -0.2) is 17.7 Å². The van der Waals surface area contributed by atoms with Crippen molar-refractivity contribution in [2.24, 2.45) is 0 Å². The van der Waals surface area contributed by atoms with Crippen molar-refractivity contribution in [2.75, 3.05) is 6.61 Å². The van der Waals surface area contributed by atoms with Crippen molar-refractivity contribution < 1.29 is 14.6 Å². The maximum atomic E-state index is 10.7. The summed E-state index contributed by atoms with van der Waals surface area (Å²) in [7, 11) is 0. The van der Waals surface area contributed by atoms with Crippen LogP contribution in [0.25, 0.3) is 0 Å². The van der Waals surface area contributed by atoms with E-state index in [1.807, 2.05) is 42.5 Å². The Morgan fingerprint density at radius 1 is 1.13 bits per heavy atom. The van der Waals surface area contributed by atoms with Gasteiger partial charge in [0.15, 0.2) is 0 Å². The number of rotatable bonds is 7. The van der Waals surface area contributed by atoms with Gasteiger partial charge in [0.2, 0.25) is 0 Å². The van der Waals surface area contributed by atoms with E-state index in [0.29, 0.717) is 6.61 Å². The summed E-state index contributed by atoms with van der Waals surface area (Å²) in [5.41, 5.74) is 1.90. The van der Waals surface area contributed by atoms with Crippen molar-refractivity contribution in [1.29, 1.82) is 0 Å². The van der Waals surface area contributed by atoms with E-state index in [2.05, 4.69) is 26.0 Å². The molecule has 23 heavy (non-hydrogen) atoms. The molecular weight excluding hydrogens is 312 g/mol. The average molecular weight is 333 g/mol. The smallest absolute Gasteiger partial charge is 0.305 e. The minimum atomic E-state index is -0.907. The lowest BCUT2D eigenvalue weighted by Crippen LogP contribution is -2.26. The van der Waals surface area contributed by atoms with Gasteiger partial charge in [-0.1, -0.05) is 56.3 Å². The molecule has 0 spiro atoms. The highest BCUT2D eigenvalue weighted by atomic mass is 35.5. The zero-order valence-electron chi connectivity index (χ0n) is 13.3. The molecule has 0 aliphatic carbocycles. The summed E-state index contributed by atoms with van der Waals surface area (Å²) in [6.07, 6.45) is -0.0944. The molecule has 0 radical (unpaired) electrons. The van der Waals surface area contributed by atoms with Gasteiger partial charge in [0.25, 0.3) is 0 Å². The third-order valence-electron chi connectivity index (χ3n) is 3.75. The van der Waals surface area contributed by atoms with Crippen molar-refractivity contribution in [1.82, 2.24) is 0 Å². The summed E-state index contributed by atoms with van der Waals surface area (Å²) in [5.74, 6) is -0.160.